The van der Waals surface area contributed by atoms with Crippen molar-refractivity contribution in [1.29, 1.82) is 0 Å². The molecule has 0 spiro atoms. The molecule has 2 fully saturated rings. The van der Waals surface area contributed by atoms with Crippen molar-refractivity contribution in [2.75, 3.05) is 11.5 Å². The molecule has 2 aliphatic rings. The van der Waals surface area contributed by atoms with E-state index in [0.29, 0.717) is 0 Å². The average Bonchev–Trinajstić information content (AvgIpc) is 2.22. The van der Waals surface area contributed by atoms with E-state index in [1.807, 2.05) is 6.92 Å². The van der Waals surface area contributed by atoms with E-state index in [4.69, 9.17) is 0 Å². The lowest BCUT2D eigenvalue weighted by molar-refractivity contribution is -0.131. The molecule has 0 aromatic carbocycles. The summed E-state index contributed by atoms with van der Waals surface area (Å²) in [7, 11) is -2.85. The summed E-state index contributed by atoms with van der Waals surface area (Å²) in [4.78, 5) is 13.3. The first-order valence-corrected chi connectivity index (χ1v) is 6.51. The Kier molecular flexibility index (Phi) is 2.08. The predicted octanol–water partition coefficient (Wildman–Crippen LogP) is -1.05. The Labute approximate surface area is 83.4 Å². The molecule has 2 rings (SSSR count). The van der Waals surface area contributed by atoms with Crippen LogP contribution in [0.5, 0.6) is 0 Å². The van der Waals surface area contributed by atoms with Crippen molar-refractivity contribution in [3.63, 3.8) is 0 Å². The van der Waals surface area contributed by atoms with Gasteiger partial charge < -0.3 is 4.90 Å². The molecular formula is C8H14N2O3S. The second-order valence-corrected chi connectivity index (χ2v) is 6.19. The standard InChI is InChI=1S/C8H14N2O3S/c1-5-8(11)10(6(2)9-5)7-3-14(12,13)4-7/h5-7,9H,3-4H2,1-2H3. The van der Waals surface area contributed by atoms with Crippen molar-refractivity contribution in [3.05, 3.63) is 0 Å². The van der Waals surface area contributed by atoms with Crippen molar-refractivity contribution in [1.82, 2.24) is 10.2 Å². The fourth-order valence-electron chi connectivity index (χ4n) is 2.12. The van der Waals surface area contributed by atoms with Gasteiger partial charge in [-0.15, -0.1) is 0 Å². The highest BCUT2D eigenvalue weighted by Crippen LogP contribution is 2.23. The molecule has 2 unspecified atom stereocenters. The summed E-state index contributed by atoms with van der Waals surface area (Å²) in [6.45, 7) is 3.68. The van der Waals surface area contributed by atoms with Gasteiger partial charge in [0, 0.05) is 0 Å². The average molecular weight is 218 g/mol. The van der Waals surface area contributed by atoms with Crippen LogP contribution in [0.2, 0.25) is 0 Å². The second kappa shape index (κ2) is 2.93. The smallest absolute Gasteiger partial charge is 0.241 e. The van der Waals surface area contributed by atoms with Crippen LogP contribution in [0.25, 0.3) is 0 Å². The summed E-state index contributed by atoms with van der Waals surface area (Å²) in [6, 6.07) is -0.298. The largest absolute Gasteiger partial charge is 0.321 e. The summed E-state index contributed by atoms with van der Waals surface area (Å²) in [6.07, 6.45) is -0.0435. The minimum Gasteiger partial charge on any atom is -0.321 e. The van der Waals surface area contributed by atoms with Gasteiger partial charge in [0.05, 0.1) is 29.8 Å². The zero-order valence-electron chi connectivity index (χ0n) is 8.23. The summed E-state index contributed by atoms with van der Waals surface area (Å²) in [5.74, 6) is 0.256. The van der Waals surface area contributed by atoms with E-state index in [1.54, 1.807) is 11.8 Å². The van der Waals surface area contributed by atoms with Gasteiger partial charge in [-0.1, -0.05) is 0 Å². The van der Waals surface area contributed by atoms with E-state index in [2.05, 4.69) is 5.32 Å². The fraction of sp³-hybridized carbons (Fsp3) is 0.875. The molecule has 0 aromatic rings. The normalized spacial score (nSPS) is 37.3. The molecule has 80 valence electrons. The first-order valence-electron chi connectivity index (χ1n) is 4.69. The molecule has 1 N–H and O–H groups in total. The maximum Gasteiger partial charge on any atom is 0.241 e. The van der Waals surface area contributed by atoms with Gasteiger partial charge in [-0.25, -0.2) is 8.42 Å². The van der Waals surface area contributed by atoms with E-state index in [0.717, 1.165) is 0 Å². The van der Waals surface area contributed by atoms with Gasteiger partial charge in [0.2, 0.25) is 5.91 Å². The highest BCUT2D eigenvalue weighted by molar-refractivity contribution is 7.92. The van der Waals surface area contributed by atoms with E-state index in [9.17, 15) is 13.2 Å². The third-order valence-corrected chi connectivity index (χ3v) is 4.60. The molecule has 1 amide bonds. The van der Waals surface area contributed by atoms with Crippen LogP contribution in [0.4, 0.5) is 0 Å². The quantitative estimate of drug-likeness (QED) is 0.610. The molecule has 0 saturated carbocycles. The van der Waals surface area contributed by atoms with Gasteiger partial charge >= 0.3 is 0 Å². The number of carbonyl (C=O) groups is 1. The molecule has 2 atom stereocenters. The molecule has 2 heterocycles. The van der Waals surface area contributed by atoms with E-state index >= 15 is 0 Å². The monoisotopic (exact) mass is 218 g/mol. The zero-order valence-corrected chi connectivity index (χ0v) is 9.04. The van der Waals surface area contributed by atoms with E-state index in [-0.39, 0.29) is 35.7 Å². The number of sulfone groups is 1. The Morgan fingerprint density at radius 2 is 1.93 bits per heavy atom. The van der Waals surface area contributed by atoms with Gasteiger partial charge in [-0.05, 0) is 13.8 Å². The number of rotatable bonds is 1. The number of amides is 1. The van der Waals surface area contributed by atoms with Crippen LogP contribution >= 0.6 is 0 Å². The van der Waals surface area contributed by atoms with Gasteiger partial charge in [-0.3, -0.25) is 10.1 Å². The lowest BCUT2D eigenvalue weighted by atomic mass is 10.2. The van der Waals surface area contributed by atoms with Crippen LogP contribution in [0.15, 0.2) is 0 Å². The summed E-state index contributed by atoms with van der Waals surface area (Å²) in [5.41, 5.74) is 0. The Morgan fingerprint density at radius 3 is 2.29 bits per heavy atom. The summed E-state index contributed by atoms with van der Waals surface area (Å²) < 4.78 is 22.0. The number of nitrogens with one attached hydrogen (secondary N) is 1. The molecule has 14 heavy (non-hydrogen) atoms. The molecule has 5 nitrogen and oxygen atoms in total. The van der Waals surface area contributed by atoms with Gasteiger partial charge in [-0.2, -0.15) is 0 Å². The van der Waals surface area contributed by atoms with Gasteiger partial charge in [0.1, 0.15) is 0 Å². The molecular weight excluding hydrogens is 204 g/mol. The second-order valence-electron chi connectivity index (χ2n) is 4.04. The fourth-order valence-corrected chi connectivity index (χ4v) is 3.52. The molecule has 6 heteroatoms. The first kappa shape index (κ1) is 9.92. The lowest BCUT2D eigenvalue weighted by Gasteiger charge is -2.36. The molecule has 0 aromatic heterocycles. The molecule has 2 saturated heterocycles. The lowest BCUT2D eigenvalue weighted by Crippen LogP contribution is -2.56. The molecule has 2 aliphatic heterocycles. The van der Waals surface area contributed by atoms with Crippen LogP contribution in [-0.2, 0) is 14.6 Å². The molecule has 0 radical (unpaired) electrons. The van der Waals surface area contributed by atoms with Crippen LogP contribution in [0.3, 0.4) is 0 Å². The Hall–Kier alpha value is -0.620. The predicted molar refractivity (Wildman–Crippen MR) is 51.3 cm³/mol. The molecule has 0 bridgehead atoms. The third-order valence-electron chi connectivity index (χ3n) is 2.82. The van der Waals surface area contributed by atoms with E-state index < -0.39 is 9.84 Å². The van der Waals surface area contributed by atoms with Crippen LogP contribution in [-0.4, -0.2) is 49.0 Å². The van der Waals surface area contributed by atoms with Gasteiger partial charge in [0.25, 0.3) is 0 Å². The number of hydrogen-bond acceptors (Lipinski definition) is 4. The van der Waals surface area contributed by atoms with Crippen LogP contribution < -0.4 is 5.32 Å². The maximum atomic E-state index is 11.6. The summed E-state index contributed by atoms with van der Waals surface area (Å²) in [5, 5.41) is 3.07. The molecule has 0 aliphatic carbocycles. The number of nitrogens with zero attached hydrogens (tertiary/aromatic N) is 1. The Morgan fingerprint density at radius 1 is 1.36 bits per heavy atom. The maximum absolute atomic E-state index is 11.6. The Balaban J connectivity index is 2.09. The third kappa shape index (κ3) is 1.42. The van der Waals surface area contributed by atoms with Crippen molar-refractivity contribution >= 4 is 15.7 Å². The van der Waals surface area contributed by atoms with Crippen LogP contribution in [0.1, 0.15) is 13.8 Å². The number of hydrogen-bond donors (Lipinski definition) is 1. The zero-order chi connectivity index (χ0) is 10.5. The van der Waals surface area contributed by atoms with E-state index in [1.165, 1.54) is 0 Å². The van der Waals surface area contributed by atoms with Crippen molar-refractivity contribution in [2.24, 2.45) is 0 Å². The number of carbonyl (C=O) groups excluding carboxylic acids is 1. The minimum absolute atomic E-state index is 0.0115. The first-order chi connectivity index (χ1) is 6.41. The highest BCUT2D eigenvalue weighted by Gasteiger charge is 2.45. The van der Waals surface area contributed by atoms with Crippen molar-refractivity contribution < 1.29 is 13.2 Å². The van der Waals surface area contributed by atoms with Crippen LogP contribution in [0, 0.1) is 0 Å². The minimum atomic E-state index is -2.85. The van der Waals surface area contributed by atoms with Gasteiger partial charge in [0.15, 0.2) is 9.84 Å². The highest BCUT2D eigenvalue weighted by atomic mass is 32.2. The Bertz CT molecular complexity index is 353. The van der Waals surface area contributed by atoms with Crippen molar-refractivity contribution in [2.45, 2.75) is 32.1 Å². The SMILES string of the molecule is CC1NC(C)N(C2CS(=O)(=O)C2)C1=O. The van der Waals surface area contributed by atoms with Crippen molar-refractivity contribution in [3.8, 4) is 0 Å². The summed E-state index contributed by atoms with van der Waals surface area (Å²) >= 11 is 0. The topological polar surface area (TPSA) is 66.5 Å².